The average Bonchev–Trinajstić information content (AvgIpc) is 3.03. The zero-order valence-corrected chi connectivity index (χ0v) is 22.3. The Morgan fingerprint density at radius 3 is 2.50 bits per heavy atom. The predicted molar refractivity (Wildman–Crippen MR) is 151 cm³/mol. The number of fused-ring (bicyclic) bond motifs is 1. The highest BCUT2D eigenvalue weighted by Gasteiger charge is 2.42. The van der Waals surface area contributed by atoms with E-state index in [9.17, 15) is 9.59 Å². The Morgan fingerprint density at radius 2 is 1.71 bits per heavy atom. The fraction of sp³-hybridized carbons (Fsp3) is 0.312. The highest BCUT2D eigenvalue weighted by molar-refractivity contribution is 6.02. The first-order chi connectivity index (χ1) is 18.4. The van der Waals surface area contributed by atoms with Gasteiger partial charge in [0.05, 0.1) is 31.1 Å². The van der Waals surface area contributed by atoms with Crippen LogP contribution in [0.25, 0.3) is 0 Å². The van der Waals surface area contributed by atoms with Crippen LogP contribution in [-0.4, -0.2) is 31.9 Å². The molecular formula is C32H35N3O3. The molecule has 0 spiro atoms. The van der Waals surface area contributed by atoms with E-state index in [-0.39, 0.29) is 23.7 Å². The zero-order valence-electron chi connectivity index (χ0n) is 22.3. The number of nitrogens with zero attached hydrogens (tertiary/aromatic N) is 1. The molecule has 0 radical (unpaired) electrons. The lowest BCUT2D eigenvalue weighted by atomic mass is 9.73. The summed E-state index contributed by atoms with van der Waals surface area (Å²) in [5.41, 5.74) is 5.28. The van der Waals surface area contributed by atoms with Crippen LogP contribution in [-0.2, 0) is 16.0 Å². The number of Topliss-reactive ketones (excluding diaryl/α,β-unsaturated/α-hetero) is 1. The second-order valence-electron chi connectivity index (χ2n) is 10.8. The maximum atomic E-state index is 13.8. The molecule has 3 aromatic rings. The van der Waals surface area contributed by atoms with E-state index in [1.54, 1.807) is 7.11 Å². The van der Waals surface area contributed by atoms with Crippen molar-refractivity contribution in [2.75, 3.05) is 30.4 Å². The van der Waals surface area contributed by atoms with Gasteiger partial charge < -0.3 is 20.3 Å². The van der Waals surface area contributed by atoms with Gasteiger partial charge in [0.1, 0.15) is 5.75 Å². The van der Waals surface area contributed by atoms with Crippen molar-refractivity contribution >= 4 is 23.1 Å². The lowest BCUT2D eigenvalue weighted by Crippen LogP contribution is -2.42. The monoisotopic (exact) mass is 509 g/mol. The summed E-state index contributed by atoms with van der Waals surface area (Å²) in [4.78, 5) is 29.3. The number of anilines is 2. The first kappa shape index (κ1) is 25.6. The first-order valence-corrected chi connectivity index (χ1v) is 13.2. The molecule has 1 atom stereocenters. The molecule has 3 aromatic carbocycles. The number of rotatable bonds is 7. The fourth-order valence-corrected chi connectivity index (χ4v) is 5.64. The molecule has 38 heavy (non-hydrogen) atoms. The second-order valence-corrected chi connectivity index (χ2v) is 10.8. The number of nitrogens with one attached hydrogen (secondary N) is 2. The number of ketones is 1. The van der Waals surface area contributed by atoms with Crippen molar-refractivity contribution in [1.82, 2.24) is 5.32 Å². The minimum atomic E-state index is -0.472. The minimum Gasteiger partial charge on any atom is -0.496 e. The van der Waals surface area contributed by atoms with E-state index < -0.39 is 6.04 Å². The third-order valence-electron chi connectivity index (χ3n) is 7.33. The number of carbonyl (C=O) groups excluding carboxylic acids is 2. The van der Waals surface area contributed by atoms with Gasteiger partial charge >= 0.3 is 0 Å². The third-order valence-corrected chi connectivity index (χ3v) is 7.33. The molecule has 196 valence electrons. The van der Waals surface area contributed by atoms with Crippen molar-refractivity contribution in [2.24, 2.45) is 5.41 Å². The smallest absolute Gasteiger partial charge is 0.239 e. The molecule has 1 unspecified atom stereocenters. The Morgan fingerprint density at radius 1 is 1.00 bits per heavy atom. The number of para-hydroxylation sites is 3. The van der Waals surface area contributed by atoms with E-state index in [1.807, 2.05) is 66.7 Å². The van der Waals surface area contributed by atoms with E-state index in [1.165, 1.54) is 5.56 Å². The summed E-state index contributed by atoms with van der Waals surface area (Å²) < 4.78 is 5.77. The topological polar surface area (TPSA) is 70.7 Å². The lowest BCUT2D eigenvalue weighted by molar-refractivity contribution is -0.120. The summed E-state index contributed by atoms with van der Waals surface area (Å²) >= 11 is 0. The number of ether oxygens (including phenoxy) is 1. The van der Waals surface area contributed by atoms with Gasteiger partial charge in [0.2, 0.25) is 5.91 Å². The van der Waals surface area contributed by atoms with E-state index in [0.29, 0.717) is 24.3 Å². The van der Waals surface area contributed by atoms with Gasteiger partial charge in [-0.1, -0.05) is 74.5 Å². The van der Waals surface area contributed by atoms with Crippen LogP contribution in [0.5, 0.6) is 5.75 Å². The standard InChI is InChI=1S/C32H35N3O3/c1-32(2)19-25-30(27(36)20-32)31(23-13-7-10-16-28(23)38-3)35(26-15-9-8-14-24(26)34-25)21-29(37)33-18-17-22-11-5-4-6-12-22/h4-16,31,34H,17-21H2,1-3H3,(H,33,37). The Balaban J connectivity index is 1.55. The SMILES string of the molecule is COc1ccccc1C1C2=C(CC(C)(C)CC2=O)Nc2ccccc2N1CC(=O)NCCc1ccccc1. The fourth-order valence-electron chi connectivity index (χ4n) is 5.64. The Kier molecular flexibility index (Phi) is 7.23. The summed E-state index contributed by atoms with van der Waals surface area (Å²) in [6, 6.07) is 25.4. The number of methoxy groups -OCH3 is 1. The Bertz CT molecular complexity index is 1360. The number of carbonyl (C=O) groups is 2. The summed E-state index contributed by atoms with van der Waals surface area (Å²) in [6.45, 7) is 4.90. The van der Waals surface area contributed by atoms with Gasteiger partial charge in [-0.3, -0.25) is 9.59 Å². The molecule has 1 aliphatic heterocycles. The molecule has 1 aliphatic carbocycles. The van der Waals surface area contributed by atoms with Crippen LogP contribution >= 0.6 is 0 Å². The summed E-state index contributed by atoms with van der Waals surface area (Å²) in [5.74, 6) is 0.695. The largest absolute Gasteiger partial charge is 0.496 e. The zero-order chi connectivity index (χ0) is 26.7. The summed E-state index contributed by atoms with van der Waals surface area (Å²) in [6.07, 6.45) is 1.95. The van der Waals surface area contributed by atoms with E-state index >= 15 is 0 Å². The van der Waals surface area contributed by atoms with E-state index in [2.05, 4.69) is 41.5 Å². The van der Waals surface area contributed by atoms with Crippen molar-refractivity contribution in [3.8, 4) is 5.75 Å². The molecule has 0 saturated heterocycles. The van der Waals surface area contributed by atoms with E-state index in [4.69, 9.17) is 4.74 Å². The summed E-state index contributed by atoms with van der Waals surface area (Å²) in [7, 11) is 1.64. The average molecular weight is 510 g/mol. The van der Waals surface area contributed by atoms with Crippen LogP contribution in [0.1, 0.15) is 43.9 Å². The highest BCUT2D eigenvalue weighted by atomic mass is 16.5. The van der Waals surface area contributed by atoms with E-state index in [0.717, 1.165) is 35.5 Å². The van der Waals surface area contributed by atoms with Crippen LogP contribution in [0.15, 0.2) is 90.1 Å². The van der Waals surface area contributed by atoms with Crippen molar-refractivity contribution in [2.45, 2.75) is 39.2 Å². The molecule has 1 amide bonds. The molecule has 2 N–H and O–H groups in total. The van der Waals surface area contributed by atoms with Crippen LogP contribution in [0, 0.1) is 5.41 Å². The van der Waals surface area contributed by atoms with Gasteiger partial charge in [0.15, 0.2) is 5.78 Å². The highest BCUT2D eigenvalue weighted by Crippen LogP contribution is 2.49. The van der Waals surface area contributed by atoms with Crippen molar-refractivity contribution in [3.05, 3.63) is 101 Å². The molecule has 6 heteroatoms. The normalized spacial score (nSPS) is 18.1. The number of hydrogen-bond donors (Lipinski definition) is 2. The summed E-state index contributed by atoms with van der Waals surface area (Å²) in [5, 5.41) is 6.69. The van der Waals surface area contributed by atoms with Crippen LogP contribution in [0.2, 0.25) is 0 Å². The van der Waals surface area contributed by atoms with Gasteiger partial charge in [-0.05, 0) is 42.0 Å². The Labute approximate surface area is 224 Å². The van der Waals surface area contributed by atoms with Crippen molar-refractivity contribution in [3.63, 3.8) is 0 Å². The van der Waals surface area contributed by atoms with Gasteiger partial charge in [-0.2, -0.15) is 0 Å². The molecule has 0 bridgehead atoms. The number of hydrogen-bond acceptors (Lipinski definition) is 5. The maximum absolute atomic E-state index is 13.8. The molecule has 0 aromatic heterocycles. The molecule has 6 nitrogen and oxygen atoms in total. The Hall–Kier alpha value is -4.06. The first-order valence-electron chi connectivity index (χ1n) is 13.2. The van der Waals surface area contributed by atoms with Gasteiger partial charge in [0, 0.05) is 29.8 Å². The van der Waals surface area contributed by atoms with Crippen molar-refractivity contribution < 1.29 is 14.3 Å². The predicted octanol–water partition coefficient (Wildman–Crippen LogP) is 5.67. The second kappa shape index (κ2) is 10.7. The van der Waals surface area contributed by atoms with Gasteiger partial charge in [-0.25, -0.2) is 0 Å². The molecule has 5 rings (SSSR count). The van der Waals surface area contributed by atoms with Crippen LogP contribution in [0.3, 0.4) is 0 Å². The van der Waals surface area contributed by atoms with Crippen LogP contribution < -0.4 is 20.3 Å². The van der Waals surface area contributed by atoms with Crippen LogP contribution in [0.4, 0.5) is 11.4 Å². The molecule has 1 heterocycles. The number of allylic oxidation sites excluding steroid dienone is 1. The molecule has 0 fully saturated rings. The quantitative estimate of drug-likeness (QED) is 0.429. The minimum absolute atomic E-state index is 0.0942. The third kappa shape index (κ3) is 5.30. The number of benzene rings is 3. The van der Waals surface area contributed by atoms with Gasteiger partial charge in [-0.15, -0.1) is 0 Å². The molecular weight excluding hydrogens is 474 g/mol. The van der Waals surface area contributed by atoms with Crippen molar-refractivity contribution in [1.29, 1.82) is 0 Å². The number of amides is 1. The molecule has 2 aliphatic rings. The maximum Gasteiger partial charge on any atom is 0.239 e. The van der Waals surface area contributed by atoms with Gasteiger partial charge in [0.25, 0.3) is 0 Å². The molecule has 0 saturated carbocycles. The lowest BCUT2D eigenvalue weighted by Gasteiger charge is -2.38.